The SMILES string of the molecule is COCCn1cnn(CN2CCC(NC(=O)c3ccccc3)CC2)c1=S. The quantitative estimate of drug-likeness (QED) is 0.749. The number of ether oxygens (including phenoxy) is 1. The van der Waals surface area contributed by atoms with Crippen molar-refractivity contribution in [3.63, 3.8) is 0 Å². The van der Waals surface area contributed by atoms with Gasteiger partial charge >= 0.3 is 0 Å². The molecule has 1 N–H and O–H groups in total. The number of aromatic nitrogens is 3. The lowest BCUT2D eigenvalue weighted by atomic mass is 10.0. The first kappa shape index (κ1) is 18.8. The average molecular weight is 375 g/mol. The van der Waals surface area contributed by atoms with Crippen LogP contribution in [-0.4, -0.2) is 58.0 Å². The molecule has 0 radical (unpaired) electrons. The third-order valence-electron chi connectivity index (χ3n) is 4.63. The highest BCUT2D eigenvalue weighted by Crippen LogP contribution is 2.12. The third kappa shape index (κ3) is 4.78. The van der Waals surface area contributed by atoms with Crippen LogP contribution in [0.5, 0.6) is 0 Å². The molecule has 1 aromatic heterocycles. The van der Waals surface area contributed by atoms with E-state index in [0.717, 1.165) is 25.9 Å². The highest BCUT2D eigenvalue weighted by atomic mass is 32.1. The average Bonchev–Trinajstić information content (AvgIpc) is 3.02. The van der Waals surface area contributed by atoms with Crippen LogP contribution in [0.4, 0.5) is 0 Å². The van der Waals surface area contributed by atoms with E-state index in [1.54, 1.807) is 13.4 Å². The number of rotatable bonds is 7. The number of hydrogen-bond acceptors (Lipinski definition) is 5. The maximum atomic E-state index is 12.3. The van der Waals surface area contributed by atoms with E-state index in [1.165, 1.54) is 0 Å². The Labute approximate surface area is 158 Å². The van der Waals surface area contributed by atoms with Crippen molar-refractivity contribution in [3.05, 3.63) is 47.0 Å². The van der Waals surface area contributed by atoms with Gasteiger partial charge in [-0.1, -0.05) is 18.2 Å². The molecule has 0 saturated carbocycles. The standard InChI is InChI=1S/C18H25N5O2S/c1-25-12-11-22-13-19-23(18(22)26)14-21-9-7-16(8-10-21)20-17(24)15-5-3-2-4-6-15/h2-6,13,16H,7-12,14H2,1H3,(H,20,24). The van der Waals surface area contributed by atoms with Gasteiger partial charge in [0.15, 0.2) is 4.77 Å². The molecule has 3 rings (SSSR count). The smallest absolute Gasteiger partial charge is 0.251 e. The second-order valence-corrected chi connectivity index (χ2v) is 6.84. The van der Waals surface area contributed by atoms with Crippen molar-refractivity contribution < 1.29 is 9.53 Å². The topological polar surface area (TPSA) is 64.3 Å². The van der Waals surface area contributed by atoms with Gasteiger partial charge in [0.25, 0.3) is 5.91 Å². The molecule has 0 spiro atoms. The largest absolute Gasteiger partial charge is 0.383 e. The molecule has 1 fully saturated rings. The van der Waals surface area contributed by atoms with E-state index < -0.39 is 0 Å². The van der Waals surface area contributed by atoms with Crippen LogP contribution in [0, 0.1) is 4.77 Å². The van der Waals surface area contributed by atoms with Gasteiger partial charge in [0.05, 0.1) is 13.3 Å². The van der Waals surface area contributed by atoms with Crippen molar-refractivity contribution in [2.45, 2.75) is 32.1 Å². The second-order valence-electron chi connectivity index (χ2n) is 6.47. The number of nitrogens with one attached hydrogen (secondary N) is 1. The van der Waals surface area contributed by atoms with Crippen LogP contribution in [0.25, 0.3) is 0 Å². The van der Waals surface area contributed by atoms with Crippen LogP contribution in [-0.2, 0) is 18.0 Å². The van der Waals surface area contributed by atoms with Crippen LogP contribution in [0.3, 0.4) is 0 Å². The predicted molar refractivity (Wildman–Crippen MR) is 101 cm³/mol. The Kier molecular flexibility index (Phi) is 6.54. The molecule has 0 aliphatic carbocycles. The Morgan fingerprint density at radius 3 is 2.73 bits per heavy atom. The van der Waals surface area contributed by atoms with Crippen molar-refractivity contribution in [3.8, 4) is 0 Å². The maximum Gasteiger partial charge on any atom is 0.251 e. The first-order valence-electron chi connectivity index (χ1n) is 8.87. The number of carbonyl (C=O) groups is 1. The molecular weight excluding hydrogens is 350 g/mol. The summed E-state index contributed by atoms with van der Waals surface area (Å²) in [6.45, 7) is 3.83. The highest BCUT2D eigenvalue weighted by Gasteiger charge is 2.21. The number of nitrogens with zero attached hydrogens (tertiary/aromatic N) is 4. The zero-order valence-corrected chi connectivity index (χ0v) is 15.8. The first-order chi connectivity index (χ1) is 12.7. The van der Waals surface area contributed by atoms with Gasteiger partial charge in [-0.2, -0.15) is 5.10 Å². The van der Waals surface area contributed by atoms with Gasteiger partial charge in [-0.25, -0.2) is 4.68 Å². The fourth-order valence-electron chi connectivity index (χ4n) is 3.08. The molecule has 1 aliphatic heterocycles. The number of hydrogen-bond donors (Lipinski definition) is 1. The zero-order chi connectivity index (χ0) is 18.4. The Bertz CT molecular complexity index is 765. The summed E-state index contributed by atoms with van der Waals surface area (Å²) in [6.07, 6.45) is 3.61. The molecule has 0 bridgehead atoms. The summed E-state index contributed by atoms with van der Waals surface area (Å²) in [5.74, 6) is 0.00292. The Hall–Kier alpha value is -2.03. The van der Waals surface area contributed by atoms with Crippen LogP contribution in [0.15, 0.2) is 36.7 Å². The molecular formula is C18H25N5O2S. The minimum Gasteiger partial charge on any atom is -0.383 e. The van der Waals surface area contributed by atoms with Gasteiger partial charge in [0.1, 0.15) is 6.33 Å². The fourth-order valence-corrected chi connectivity index (χ4v) is 3.32. The number of likely N-dealkylation sites (tertiary alicyclic amines) is 1. The molecule has 8 heteroatoms. The lowest BCUT2D eigenvalue weighted by molar-refractivity contribution is 0.0895. The number of carbonyl (C=O) groups excluding carboxylic acids is 1. The van der Waals surface area contributed by atoms with Gasteiger partial charge in [0, 0.05) is 38.3 Å². The summed E-state index contributed by atoms with van der Waals surface area (Å²) in [7, 11) is 1.68. The molecule has 2 heterocycles. The second kappa shape index (κ2) is 9.07. The van der Waals surface area contributed by atoms with Crippen LogP contribution < -0.4 is 5.32 Å². The third-order valence-corrected chi connectivity index (χ3v) is 5.07. The van der Waals surface area contributed by atoms with E-state index in [0.29, 0.717) is 30.2 Å². The molecule has 1 amide bonds. The number of benzene rings is 1. The van der Waals surface area contributed by atoms with Gasteiger partial charge in [-0.3, -0.25) is 9.69 Å². The lowest BCUT2D eigenvalue weighted by Crippen LogP contribution is -2.45. The van der Waals surface area contributed by atoms with Gasteiger partial charge in [-0.05, 0) is 37.2 Å². The molecule has 1 aromatic carbocycles. The Morgan fingerprint density at radius 2 is 2.04 bits per heavy atom. The predicted octanol–water partition coefficient (Wildman–Crippen LogP) is 1.91. The van der Waals surface area contributed by atoms with E-state index in [4.69, 9.17) is 17.0 Å². The molecule has 140 valence electrons. The summed E-state index contributed by atoms with van der Waals surface area (Å²) in [6, 6.07) is 9.57. The summed E-state index contributed by atoms with van der Waals surface area (Å²) >= 11 is 5.47. The van der Waals surface area contributed by atoms with Gasteiger partial charge in [0.2, 0.25) is 0 Å². The van der Waals surface area contributed by atoms with E-state index in [-0.39, 0.29) is 11.9 Å². The van der Waals surface area contributed by atoms with Crippen LogP contribution in [0.1, 0.15) is 23.2 Å². The molecule has 0 unspecified atom stereocenters. The number of methoxy groups -OCH3 is 1. The zero-order valence-electron chi connectivity index (χ0n) is 15.0. The van der Waals surface area contributed by atoms with Crippen molar-refractivity contribution in [2.75, 3.05) is 26.8 Å². The van der Waals surface area contributed by atoms with Crippen molar-refractivity contribution in [1.29, 1.82) is 0 Å². The summed E-state index contributed by atoms with van der Waals surface area (Å²) < 4.78 is 9.56. The van der Waals surface area contributed by atoms with Crippen molar-refractivity contribution >= 4 is 18.1 Å². The molecule has 2 aromatic rings. The maximum absolute atomic E-state index is 12.3. The van der Waals surface area contributed by atoms with Gasteiger partial charge in [-0.15, -0.1) is 0 Å². The van der Waals surface area contributed by atoms with Crippen molar-refractivity contribution in [1.82, 2.24) is 24.6 Å². The molecule has 26 heavy (non-hydrogen) atoms. The number of piperidine rings is 1. The van der Waals surface area contributed by atoms with Crippen LogP contribution in [0.2, 0.25) is 0 Å². The van der Waals surface area contributed by atoms with Crippen molar-refractivity contribution in [2.24, 2.45) is 0 Å². The summed E-state index contributed by atoms with van der Waals surface area (Å²) in [4.78, 5) is 14.6. The normalized spacial score (nSPS) is 15.9. The van der Waals surface area contributed by atoms with Gasteiger partial charge < -0.3 is 14.6 Å². The lowest BCUT2D eigenvalue weighted by Gasteiger charge is -2.32. The molecule has 0 atom stereocenters. The Morgan fingerprint density at radius 1 is 1.31 bits per heavy atom. The minimum absolute atomic E-state index is 0.00292. The highest BCUT2D eigenvalue weighted by molar-refractivity contribution is 7.71. The van der Waals surface area contributed by atoms with E-state index >= 15 is 0 Å². The Balaban J connectivity index is 1.47. The number of amides is 1. The summed E-state index contributed by atoms with van der Waals surface area (Å²) in [5, 5.41) is 7.51. The molecule has 7 nitrogen and oxygen atoms in total. The molecule has 1 aliphatic rings. The first-order valence-corrected chi connectivity index (χ1v) is 9.27. The summed E-state index contributed by atoms with van der Waals surface area (Å²) in [5.41, 5.74) is 0.711. The monoisotopic (exact) mass is 375 g/mol. The molecule has 1 saturated heterocycles. The minimum atomic E-state index is 0.00292. The van der Waals surface area contributed by atoms with E-state index in [9.17, 15) is 4.79 Å². The van der Waals surface area contributed by atoms with E-state index in [2.05, 4.69) is 15.3 Å². The van der Waals surface area contributed by atoms with Crippen LogP contribution >= 0.6 is 12.2 Å². The van der Waals surface area contributed by atoms with E-state index in [1.807, 2.05) is 39.6 Å². The fraction of sp³-hybridized carbons (Fsp3) is 0.500.